The lowest BCUT2D eigenvalue weighted by molar-refractivity contribution is -0.870. The van der Waals surface area contributed by atoms with E-state index in [9.17, 15) is 19.0 Å². The summed E-state index contributed by atoms with van der Waals surface area (Å²) in [7, 11) is 1.48. The highest BCUT2D eigenvalue weighted by molar-refractivity contribution is 7.47. The van der Waals surface area contributed by atoms with Crippen LogP contribution in [-0.4, -0.2) is 74.3 Å². The zero-order valence-corrected chi connectivity index (χ0v) is 48.1. The zero-order chi connectivity index (χ0) is 52.2. The summed E-state index contributed by atoms with van der Waals surface area (Å²) in [6, 6.07) is -0.858. The van der Waals surface area contributed by atoms with Gasteiger partial charge in [0.1, 0.15) is 19.3 Å². The van der Waals surface area contributed by atoms with Crippen molar-refractivity contribution in [2.75, 3.05) is 40.9 Å². The van der Waals surface area contributed by atoms with E-state index in [4.69, 9.17) is 13.8 Å². The predicted octanol–water partition coefficient (Wildman–Crippen LogP) is 17.9. The Bertz CT molecular complexity index is 1400. The average molecular weight is 1020 g/mol. The molecule has 0 aromatic heterocycles. The number of phosphoric acid groups is 1. The number of rotatable bonds is 53. The number of nitrogens with zero attached hydrogens (tertiary/aromatic N) is 1. The summed E-state index contributed by atoms with van der Waals surface area (Å²) in [6.45, 7) is 6.96. The number of phosphoric ester groups is 1. The van der Waals surface area contributed by atoms with Crippen molar-refractivity contribution >= 4 is 19.7 Å². The number of nitrogens with one attached hydrogen (secondary N) is 1. The molecule has 0 aromatic carbocycles. The van der Waals surface area contributed by atoms with Crippen LogP contribution in [0.3, 0.4) is 0 Å². The Labute approximate surface area is 439 Å². The summed E-state index contributed by atoms with van der Waals surface area (Å²) < 4.78 is 30.6. The van der Waals surface area contributed by atoms with Crippen molar-refractivity contribution < 1.29 is 37.3 Å². The first kappa shape index (κ1) is 68.7. The van der Waals surface area contributed by atoms with Gasteiger partial charge in [0.2, 0.25) is 5.91 Å². The van der Waals surface area contributed by atoms with Crippen LogP contribution in [0.25, 0.3) is 0 Å². The predicted molar refractivity (Wildman–Crippen MR) is 305 cm³/mol. The molecule has 3 atom stereocenters. The van der Waals surface area contributed by atoms with Gasteiger partial charge >= 0.3 is 13.8 Å². The third kappa shape index (κ3) is 52.4. The Morgan fingerprint density at radius 3 is 1.34 bits per heavy atom. The molecule has 0 spiro atoms. The zero-order valence-electron chi connectivity index (χ0n) is 47.2. The molecule has 9 nitrogen and oxygen atoms in total. The smallest absolute Gasteiger partial charge is 0.456 e. The van der Waals surface area contributed by atoms with E-state index in [0.717, 1.165) is 96.3 Å². The summed E-state index contributed by atoms with van der Waals surface area (Å²) in [5.41, 5.74) is 0. The molecule has 0 aliphatic rings. The first-order valence-corrected chi connectivity index (χ1v) is 31.1. The monoisotopic (exact) mass is 1020 g/mol. The van der Waals surface area contributed by atoms with E-state index in [-0.39, 0.29) is 31.5 Å². The summed E-state index contributed by atoms with van der Waals surface area (Å²) in [5, 5.41) is 3.03. The minimum absolute atomic E-state index is 0.0352. The van der Waals surface area contributed by atoms with Gasteiger partial charge in [0.25, 0.3) is 0 Å². The number of esters is 1. The lowest BCUT2D eigenvalue weighted by Gasteiger charge is -2.27. The van der Waals surface area contributed by atoms with Crippen LogP contribution in [-0.2, 0) is 27.9 Å². The standard InChI is InChI=1S/C61H113N2O7P/c1-7-10-13-16-19-22-25-27-28-29-30-31-32-33-34-36-39-42-45-48-51-54-61(65)70-59(52-49-46-43-40-37-24-21-18-15-12-9-3)58(57-69-71(66,67)68-56-55-63(4,5)6)62-60(64)53-50-47-44-41-38-35-26-23-20-17-14-11-8-2/h19,22,27-28,30-31,35,38,49,52,58-59H,7-18,20-21,23-26,29,32-34,36-37,39-48,50-51,53-57H2,1-6H3,(H-,62,64,66,67)/p+1/b22-19-,28-27-,31-30-,38-35-,52-49-. The number of amides is 1. The van der Waals surface area contributed by atoms with Crippen LogP contribution in [0.2, 0.25) is 0 Å². The lowest BCUT2D eigenvalue weighted by Crippen LogP contribution is -2.47. The average Bonchev–Trinajstić information content (AvgIpc) is 3.33. The molecule has 0 radical (unpaired) electrons. The first-order chi connectivity index (χ1) is 34.4. The van der Waals surface area contributed by atoms with Crippen molar-refractivity contribution in [1.29, 1.82) is 0 Å². The molecule has 0 saturated carbocycles. The van der Waals surface area contributed by atoms with E-state index < -0.39 is 20.0 Å². The fourth-order valence-corrected chi connectivity index (χ4v) is 9.03. The van der Waals surface area contributed by atoms with Crippen LogP contribution >= 0.6 is 7.82 Å². The van der Waals surface area contributed by atoms with E-state index in [1.807, 2.05) is 33.3 Å². The van der Waals surface area contributed by atoms with Gasteiger partial charge in [-0.15, -0.1) is 0 Å². The number of carbonyl (C=O) groups is 2. The number of unbranched alkanes of at least 4 members (excludes halogenated alkanes) is 29. The van der Waals surface area contributed by atoms with Crippen LogP contribution in [0, 0.1) is 0 Å². The third-order valence-electron chi connectivity index (χ3n) is 12.9. The highest BCUT2D eigenvalue weighted by atomic mass is 31.2. The maximum absolute atomic E-state index is 13.5. The molecular formula is C61H114N2O7P+. The van der Waals surface area contributed by atoms with Gasteiger partial charge in [0.15, 0.2) is 0 Å². The molecule has 10 heteroatoms. The number of ether oxygens (including phenoxy) is 1. The van der Waals surface area contributed by atoms with Crippen LogP contribution in [0.15, 0.2) is 60.8 Å². The molecule has 0 saturated heterocycles. The first-order valence-electron chi connectivity index (χ1n) is 29.6. The van der Waals surface area contributed by atoms with Gasteiger partial charge in [-0.3, -0.25) is 18.6 Å². The summed E-state index contributed by atoms with van der Waals surface area (Å²) in [6.07, 6.45) is 63.6. The van der Waals surface area contributed by atoms with Crippen LogP contribution in [0.4, 0.5) is 0 Å². The van der Waals surface area contributed by atoms with E-state index in [1.54, 1.807) is 0 Å². The van der Waals surface area contributed by atoms with Gasteiger partial charge in [-0.05, 0) is 96.0 Å². The normalized spacial score (nSPS) is 14.2. The second-order valence-corrected chi connectivity index (χ2v) is 22.6. The van der Waals surface area contributed by atoms with E-state index >= 15 is 0 Å². The molecule has 3 unspecified atom stereocenters. The van der Waals surface area contributed by atoms with Gasteiger partial charge < -0.3 is 19.4 Å². The SMILES string of the molecule is CCCCC/C=C\C/C=C\C/C=C\CCCCCCCCCCC(=O)OC(/C=C\CCCCCCCCCCC)C(COP(=O)(O)OCC[N+](C)(C)C)NC(=O)CCCCC/C=C\CCCCCCCC. The van der Waals surface area contributed by atoms with E-state index in [2.05, 4.69) is 74.7 Å². The topological polar surface area (TPSA) is 111 Å². The molecule has 0 rings (SSSR count). The second-order valence-electron chi connectivity index (χ2n) is 21.2. The van der Waals surface area contributed by atoms with Crippen molar-refractivity contribution in [2.45, 2.75) is 277 Å². The van der Waals surface area contributed by atoms with Gasteiger partial charge in [-0.2, -0.15) is 0 Å². The molecule has 0 heterocycles. The lowest BCUT2D eigenvalue weighted by atomic mass is 10.1. The number of allylic oxidation sites excluding steroid dienone is 9. The molecule has 0 aromatic rings. The maximum atomic E-state index is 13.5. The van der Waals surface area contributed by atoms with Crippen LogP contribution in [0.5, 0.6) is 0 Å². The van der Waals surface area contributed by atoms with Crippen molar-refractivity contribution in [3.63, 3.8) is 0 Å². The molecule has 1 amide bonds. The van der Waals surface area contributed by atoms with Crippen LogP contribution in [0.1, 0.15) is 265 Å². The Morgan fingerprint density at radius 1 is 0.493 bits per heavy atom. The molecule has 0 aliphatic carbocycles. The van der Waals surface area contributed by atoms with E-state index in [0.29, 0.717) is 17.4 Å². The van der Waals surface area contributed by atoms with Crippen LogP contribution < -0.4 is 5.32 Å². The molecule has 2 N–H and O–H groups in total. The molecular weight excluding hydrogens is 904 g/mol. The van der Waals surface area contributed by atoms with Gasteiger partial charge in [-0.1, -0.05) is 217 Å². The number of hydrogen-bond donors (Lipinski definition) is 2. The molecule has 414 valence electrons. The van der Waals surface area contributed by atoms with Crippen molar-refractivity contribution in [1.82, 2.24) is 5.32 Å². The Kier molecular flexibility index (Phi) is 49.6. The fourth-order valence-electron chi connectivity index (χ4n) is 8.29. The molecule has 71 heavy (non-hydrogen) atoms. The summed E-state index contributed by atoms with van der Waals surface area (Å²) >= 11 is 0. The number of carbonyl (C=O) groups excluding carboxylic acids is 2. The third-order valence-corrected chi connectivity index (χ3v) is 13.9. The van der Waals surface area contributed by atoms with E-state index in [1.165, 1.54) is 135 Å². The molecule has 0 aliphatic heterocycles. The highest BCUT2D eigenvalue weighted by Gasteiger charge is 2.30. The highest BCUT2D eigenvalue weighted by Crippen LogP contribution is 2.43. The quantitative estimate of drug-likeness (QED) is 0.0205. The van der Waals surface area contributed by atoms with Crippen molar-refractivity contribution in [2.24, 2.45) is 0 Å². The molecule has 0 fully saturated rings. The minimum atomic E-state index is -4.45. The van der Waals surface area contributed by atoms with Crippen molar-refractivity contribution in [3.8, 4) is 0 Å². The summed E-state index contributed by atoms with van der Waals surface area (Å²) in [5.74, 6) is -0.531. The minimum Gasteiger partial charge on any atom is -0.456 e. The number of likely N-dealkylation sites (N-methyl/N-ethyl adjacent to an activating group) is 1. The fraction of sp³-hybridized carbons (Fsp3) is 0.803. The molecule has 0 bridgehead atoms. The summed E-state index contributed by atoms with van der Waals surface area (Å²) in [4.78, 5) is 37.6. The number of quaternary nitrogens is 1. The second kappa shape index (κ2) is 51.2. The van der Waals surface area contributed by atoms with Gasteiger partial charge in [0, 0.05) is 12.8 Å². The maximum Gasteiger partial charge on any atom is 0.472 e. The Morgan fingerprint density at radius 2 is 0.859 bits per heavy atom. The number of hydrogen-bond acceptors (Lipinski definition) is 6. The largest absolute Gasteiger partial charge is 0.472 e. The van der Waals surface area contributed by atoms with Crippen molar-refractivity contribution in [3.05, 3.63) is 60.8 Å². The Balaban J connectivity index is 5.25. The Hall–Kier alpha value is -2.29. The van der Waals surface area contributed by atoms with Gasteiger partial charge in [-0.25, -0.2) is 4.57 Å². The van der Waals surface area contributed by atoms with Gasteiger partial charge in [0.05, 0.1) is 33.8 Å².